The largest absolute Gasteiger partial charge is 0.456 e. The Labute approximate surface area is 333 Å². The summed E-state index contributed by atoms with van der Waals surface area (Å²) in [6.07, 6.45) is 4.08. The molecule has 0 bridgehead atoms. The maximum atomic E-state index is 6.53. The second-order valence-corrected chi connectivity index (χ2v) is 16.2. The van der Waals surface area contributed by atoms with Crippen molar-refractivity contribution >= 4 is 82.8 Å². The SMILES string of the molecule is C1=C(n2c3ccccc3c3ccccc32)CCc2sc3cc(-c4ccc5oc6cccc(C7NC(c8ccccc8)=NC(c8ccccc8)N7)c6c5c4)ccc3c21. The highest BCUT2D eigenvalue weighted by Crippen LogP contribution is 2.43. The number of furan rings is 1. The van der Waals surface area contributed by atoms with Crippen molar-refractivity contribution in [2.24, 2.45) is 4.99 Å². The van der Waals surface area contributed by atoms with E-state index in [1.165, 1.54) is 59.2 Å². The topological polar surface area (TPSA) is 54.5 Å². The van der Waals surface area contributed by atoms with Crippen LogP contribution in [0.4, 0.5) is 0 Å². The number of aliphatic imine (C=N–C) groups is 1. The summed E-state index contributed by atoms with van der Waals surface area (Å²) in [6, 6.07) is 58.4. The first-order valence-electron chi connectivity index (χ1n) is 19.6. The molecular formula is C51H36N4OS. The van der Waals surface area contributed by atoms with Crippen molar-refractivity contribution in [1.29, 1.82) is 0 Å². The quantitative estimate of drug-likeness (QED) is 0.184. The highest BCUT2D eigenvalue weighted by atomic mass is 32.1. The average Bonchev–Trinajstić information content (AvgIpc) is 3.95. The first kappa shape index (κ1) is 32.5. The number of aromatic nitrogens is 1. The highest BCUT2D eigenvalue weighted by Gasteiger charge is 2.28. The van der Waals surface area contributed by atoms with Gasteiger partial charge < -0.3 is 14.3 Å². The van der Waals surface area contributed by atoms with Crippen molar-refractivity contribution in [3.8, 4) is 11.1 Å². The third-order valence-corrected chi connectivity index (χ3v) is 13.0. The molecule has 12 rings (SSSR count). The molecule has 1 aliphatic heterocycles. The average molecular weight is 753 g/mol. The monoisotopic (exact) mass is 752 g/mol. The standard InChI is InChI=1S/C51H36N4OS/c1-3-12-31(13-4-1)49-52-50(32-14-5-2-6-15-32)54-51(53-49)39-18-11-21-45-48(39)41-28-33(23-26-44(41)56-45)34-22-25-38-40-30-35(24-27-46(40)57-47(38)29-34)55-42-19-9-7-16-36(42)37-17-8-10-20-43(37)55/h1-23,25-26,28-30,49,51,53H,24,27H2,(H,52,54). The van der Waals surface area contributed by atoms with E-state index in [1.807, 2.05) is 23.5 Å². The molecule has 0 saturated carbocycles. The summed E-state index contributed by atoms with van der Waals surface area (Å²) in [7, 11) is 0. The lowest BCUT2D eigenvalue weighted by molar-refractivity contribution is 0.411. The molecule has 0 fully saturated rings. The fourth-order valence-corrected chi connectivity index (χ4v) is 10.3. The number of amidine groups is 1. The van der Waals surface area contributed by atoms with Crippen LogP contribution in [0.15, 0.2) is 173 Å². The molecule has 2 atom stereocenters. The van der Waals surface area contributed by atoms with Crippen LogP contribution in [0.3, 0.4) is 0 Å². The minimum absolute atomic E-state index is 0.203. The van der Waals surface area contributed by atoms with Crippen LogP contribution in [0.25, 0.3) is 76.7 Å². The third kappa shape index (κ3) is 5.29. The van der Waals surface area contributed by atoms with E-state index >= 15 is 0 Å². The number of fused-ring (bicyclic) bond motifs is 9. The number of benzene rings is 7. The number of thiophene rings is 1. The summed E-state index contributed by atoms with van der Waals surface area (Å²) < 4.78 is 10.3. The number of allylic oxidation sites excluding steroid dienone is 1. The van der Waals surface area contributed by atoms with Crippen LogP contribution >= 0.6 is 11.3 Å². The van der Waals surface area contributed by atoms with E-state index in [4.69, 9.17) is 9.41 Å². The molecule has 0 radical (unpaired) electrons. The molecule has 1 aliphatic carbocycles. The number of nitrogens with zero attached hydrogens (tertiary/aromatic N) is 2. The number of rotatable bonds is 5. The second kappa shape index (κ2) is 12.9. The fraction of sp³-hybridized carbons (Fsp3) is 0.0784. The van der Waals surface area contributed by atoms with Gasteiger partial charge in [0.2, 0.25) is 0 Å². The van der Waals surface area contributed by atoms with Crippen LogP contribution in [-0.2, 0) is 6.42 Å². The van der Waals surface area contributed by atoms with Gasteiger partial charge in [0.15, 0.2) is 0 Å². The van der Waals surface area contributed by atoms with Crippen LogP contribution in [0.1, 0.15) is 45.9 Å². The molecule has 5 nitrogen and oxygen atoms in total. The number of para-hydroxylation sites is 2. The Morgan fingerprint density at radius 2 is 1.32 bits per heavy atom. The highest BCUT2D eigenvalue weighted by molar-refractivity contribution is 7.19. The van der Waals surface area contributed by atoms with Crippen LogP contribution < -0.4 is 10.6 Å². The van der Waals surface area contributed by atoms with Gasteiger partial charge in [0.1, 0.15) is 29.3 Å². The lowest BCUT2D eigenvalue weighted by Gasteiger charge is -2.32. The van der Waals surface area contributed by atoms with E-state index < -0.39 is 0 Å². The van der Waals surface area contributed by atoms with E-state index in [0.717, 1.165) is 57.3 Å². The fourth-order valence-electron chi connectivity index (χ4n) is 9.12. The number of nitrogens with one attached hydrogen (secondary N) is 2. The normalized spacial score (nSPS) is 16.9. The lowest BCUT2D eigenvalue weighted by atomic mass is 9.97. The van der Waals surface area contributed by atoms with Crippen molar-refractivity contribution in [3.05, 3.63) is 191 Å². The third-order valence-electron chi connectivity index (χ3n) is 11.8. The Bertz CT molecular complexity index is 3210. The molecule has 57 heavy (non-hydrogen) atoms. The van der Waals surface area contributed by atoms with Gasteiger partial charge in [-0.2, -0.15) is 0 Å². The van der Waals surface area contributed by atoms with Crippen LogP contribution in [-0.4, -0.2) is 10.4 Å². The van der Waals surface area contributed by atoms with Crippen molar-refractivity contribution in [2.75, 3.05) is 0 Å². The minimum atomic E-state index is -0.215. The zero-order valence-corrected chi connectivity index (χ0v) is 31.8. The molecule has 10 aromatic rings. The van der Waals surface area contributed by atoms with Gasteiger partial charge in [-0.25, -0.2) is 4.99 Å². The van der Waals surface area contributed by atoms with Gasteiger partial charge in [0.05, 0.1) is 11.0 Å². The zero-order chi connectivity index (χ0) is 37.5. The molecule has 3 aromatic heterocycles. The number of hydrogen-bond acceptors (Lipinski definition) is 5. The molecule has 0 amide bonds. The van der Waals surface area contributed by atoms with Gasteiger partial charge in [-0.1, -0.05) is 127 Å². The summed E-state index contributed by atoms with van der Waals surface area (Å²) in [5.74, 6) is 0.864. The lowest BCUT2D eigenvalue weighted by Crippen LogP contribution is -2.45. The van der Waals surface area contributed by atoms with Gasteiger partial charge in [-0.15, -0.1) is 11.3 Å². The summed E-state index contributed by atoms with van der Waals surface area (Å²) in [6.45, 7) is 0. The predicted octanol–water partition coefficient (Wildman–Crippen LogP) is 12.9. The Kier molecular flexibility index (Phi) is 7.37. The van der Waals surface area contributed by atoms with Gasteiger partial charge in [-0.05, 0) is 77.6 Å². The number of hydrogen-bond donors (Lipinski definition) is 2. The molecule has 2 aliphatic rings. The smallest absolute Gasteiger partial charge is 0.135 e. The maximum Gasteiger partial charge on any atom is 0.135 e. The summed E-state index contributed by atoms with van der Waals surface area (Å²) in [5, 5.41) is 13.7. The molecular weight excluding hydrogens is 717 g/mol. The van der Waals surface area contributed by atoms with Crippen molar-refractivity contribution in [2.45, 2.75) is 25.2 Å². The maximum absolute atomic E-state index is 6.53. The zero-order valence-electron chi connectivity index (χ0n) is 30.9. The molecule has 272 valence electrons. The molecule has 0 spiro atoms. The van der Waals surface area contributed by atoms with E-state index in [9.17, 15) is 0 Å². The summed E-state index contributed by atoms with van der Waals surface area (Å²) in [5.41, 5.74) is 12.7. The molecule has 6 heteroatoms. The van der Waals surface area contributed by atoms with Gasteiger partial charge in [0, 0.05) is 53.3 Å². The molecule has 2 N–H and O–H groups in total. The minimum Gasteiger partial charge on any atom is -0.456 e. The Hall–Kier alpha value is -6.73. The predicted molar refractivity (Wildman–Crippen MR) is 238 cm³/mol. The van der Waals surface area contributed by atoms with Gasteiger partial charge >= 0.3 is 0 Å². The van der Waals surface area contributed by atoms with E-state index in [1.54, 1.807) is 0 Å². The summed E-state index contributed by atoms with van der Waals surface area (Å²) >= 11 is 1.94. The summed E-state index contributed by atoms with van der Waals surface area (Å²) in [4.78, 5) is 6.60. The van der Waals surface area contributed by atoms with Crippen molar-refractivity contribution in [3.63, 3.8) is 0 Å². The van der Waals surface area contributed by atoms with Gasteiger partial charge in [-0.3, -0.25) is 5.32 Å². The Morgan fingerprint density at radius 1 is 0.596 bits per heavy atom. The first-order chi connectivity index (χ1) is 28.2. The molecule has 2 unspecified atom stereocenters. The molecule has 4 heterocycles. The van der Waals surface area contributed by atoms with E-state index in [-0.39, 0.29) is 12.3 Å². The number of aryl methyl sites for hydroxylation is 1. The second-order valence-electron chi connectivity index (χ2n) is 15.1. The Morgan fingerprint density at radius 3 is 2.12 bits per heavy atom. The van der Waals surface area contributed by atoms with Crippen molar-refractivity contribution in [1.82, 2.24) is 15.2 Å². The van der Waals surface area contributed by atoms with Crippen molar-refractivity contribution < 1.29 is 4.42 Å². The van der Waals surface area contributed by atoms with Crippen LogP contribution in [0, 0.1) is 0 Å². The molecule has 7 aromatic carbocycles. The van der Waals surface area contributed by atoms with Gasteiger partial charge in [0.25, 0.3) is 0 Å². The van der Waals surface area contributed by atoms with E-state index in [0.29, 0.717) is 0 Å². The van der Waals surface area contributed by atoms with Crippen LogP contribution in [0.2, 0.25) is 0 Å². The Balaban J connectivity index is 0.935. The first-order valence-corrected chi connectivity index (χ1v) is 20.5. The van der Waals surface area contributed by atoms with Crippen LogP contribution in [0.5, 0.6) is 0 Å². The molecule has 0 saturated heterocycles. The van der Waals surface area contributed by atoms with E-state index in [2.05, 4.69) is 173 Å².